The maximum Gasteiger partial charge on any atom is 0.345 e. The highest BCUT2D eigenvalue weighted by molar-refractivity contribution is 5.91. The summed E-state index contributed by atoms with van der Waals surface area (Å²) < 4.78 is 25.8. The van der Waals surface area contributed by atoms with E-state index in [9.17, 15) is 23.2 Å². The quantitative estimate of drug-likeness (QED) is 0.734. The zero-order valence-electron chi connectivity index (χ0n) is 14.9. The lowest BCUT2D eigenvalue weighted by Crippen LogP contribution is -2.54. The Bertz CT molecular complexity index is 791. The van der Waals surface area contributed by atoms with Crippen LogP contribution >= 0.6 is 0 Å². The predicted octanol–water partition coefficient (Wildman–Crippen LogP) is 1.19. The number of carbonyl (C=O) groups excluding carboxylic acids is 3. The minimum atomic E-state index is -3.01. The first-order valence-corrected chi connectivity index (χ1v) is 9.11. The summed E-state index contributed by atoms with van der Waals surface area (Å²) in [5.41, 5.74) is 5.11. The fourth-order valence-electron chi connectivity index (χ4n) is 3.58. The molecule has 2 bridgehead atoms. The molecule has 0 radical (unpaired) electrons. The highest BCUT2D eigenvalue weighted by Crippen LogP contribution is 2.48. The number of urea groups is 1. The number of fused-ring (bicyclic) bond motifs is 2. The molecule has 8 nitrogen and oxygen atoms in total. The number of hydroxylamine groups is 2. The number of halogens is 2. The molecule has 3 aliphatic rings. The first-order valence-electron chi connectivity index (χ1n) is 9.11. The van der Waals surface area contributed by atoms with Crippen molar-refractivity contribution in [3.63, 3.8) is 0 Å². The van der Waals surface area contributed by atoms with Crippen molar-refractivity contribution in [2.24, 2.45) is 5.92 Å². The Morgan fingerprint density at radius 2 is 1.82 bits per heavy atom. The minimum Gasteiger partial charge on any atom is -0.309 e. The van der Waals surface area contributed by atoms with Gasteiger partial charge in [0, 0.05) is 13.0 Å². The molecular weight excluding hydrogens is 374 g/mol. The van der Waals surface area contributed by atoms with Crippen molar-refractivity contribution in [2.75, 3.05) is 6.54 Å². The molecule has 2 saturated heterocycles. The molecule has 3 fully saturated rings. The molecule has 1 aromatic carbocycles. The second-order valence-corrected chi connectivity index (χ2v) is 7.26. The van der Waals surface area contributed by atoms with Crippen LogP contribution in [0.25, 0.3) is 0 Å². The van der Waals surface area contributed by atoms with Gasteiger partial charge in [-0.2, -0.15) is 5.06 Å². The Kier molecular flexibility index (Phi) is 4.66. The van der Waals surface area contributed by atoms with Crippen LogP contribution in [0, 0.1) is 5.92 Å². The number of alkyl halides is 2. The summed E-state index contributed by atoms with van der Waals surface area (Å²) in [4.78, 5) is 43.6. The summed E-state index contributed by atoms with van der Waals surface area (Å²) in [6, 6.07) is 8.05. The molecule has 1 saturated carbocycles. The lowest BCUT2D eigenvalue weighted by Gasteiger charge is -2.29. The molecule has 28 heavy (non-hydrogen) atoms. The van der Waals surface area contributed by atoms with Crippen molar-refractivity contribution >= 4 is 17.8 Å². The van der Waals surface area contributed by atoms with Crippen molar-refractivity contribution in [2.45, 2.75) is 43.9 Å². The standard InChI is InChI=1S/C18H20F2N4O4/c19-18(20)8-13(18)15(25)21-22-16(26)14-7-6-12-9-23(14)17(27)24(12)28-10-11-4-2-1-3-5-11/h1-5,12-14H,6-10H2,(H,21,25)(H,22,26). The molecular formula is C18H20F2N4O4. The van der Waals surface area contributed by atoms with E-state index in [1.165, 1.54) is 9.96 Å². The van der Waals surface area contributed by atoms with Crippen molar-refractivity contribution in [3.8, 4) is 0 Å². The summed E-state index contributed by atoms with van der Waals surface area (Å²) in [7, 11) is 0. The van der Waals surface area contributed by atoms with Gasteiger partial charge >= 0.3 is 6.03 Å². The molecule has 4 amide bonds. The largest absolute Gasteiger partial charge is 0.345 e. The molecule has 1 aromatic rings. The van der Waals surface area contributed by atoms with Gasteiger partial charge in [-0.1, -0.05) is 30.3 Å². The third kappa shape index (κ3) is 3.51. The van der Waals surface area contributed by atoms with Gasteiger partial charge in [0.25, 0.3) is 11.8 Å². The zero-order valence-corrected chi connectivity index (χ0v) is 14.9. The molecule has 0 aromatic heterocycles. The molecule has 150 valence electrons. The number of hydrogen-bond donors (Lipinski definition) is 2. The Balaban J connectivity index is 1.31. The number of hydrogen-bond acceptors (Lipinski definition) is 4. The van der Waals surface area contributed by atoms with Gasteiger partial charge in [0.1, 0.15) is 18.6 Å². The fraction of sp³-hybridized carbons (Fsp3) is 0.500. The van der Waals surface area contributed by atoms with Crippen molar-refractivity contribution < 1.29 is 28.0 Å². The average molecular weight is 394 g/mol. The van der Waals surface area contributed by atoms with Gasteiger partial charge < -0.3 is 4.90 Å². The number of benzene rings is 1. The molecule has 0 spiro atoms. The Morgan fingerprint density at radius 1 is 1.14 bits per heavy atom. The summed E-state index contributed by atoms with van der Waals surface area (Å²) in [6.45, 7) is 0.569. The van der Waals surface area contributed by atoms with Crippen molar-refractivity contribution in [1.82, 2.24) is 20.8 Å². The number of piperidine rings is 1. The van der Waals surface area contributed by atoms with Crippen molar-refractivity contribution in [3.05, 3.63) is 35.9 Å². The maximum absolute atomic E-state index is 12.9. The summed E-state index contributed by atoms with van der Waals surface area (Å²) in [5.74, 6) is -5.94. The highest BCUT2D eigenvalue weighted by Gasteiger charge is 2.61. The van der Waals surface area contributed by atoms with Crippen LogP contribution < -0.4 is 10.9 Å². The van der Waals surface area contributed by atoms with Crippen LogP contribution in [-0.2, 0) is 21.0 Å². The molecule has 1 aliphatic carbocycles. The lowest BCUT2D eigenvalue weighted by molar-refractivity contribution is -0.140. The number of nitrogens with one attached hydrogen (secondary N) is 2. The highest BCUT2D eigenvalue weighted by atomic mass is 19.3. The number of rotatable bonds is 5. The van der Waals surface area contributed by atoms with E-state index in [2.05, 4.69) is 5.43 Å². The number of hydrazine groups is 1. The molecule has 2 N–H and O–H groups in total. The summed E-state index contributed by atoms with van der Waals surface area (Å²) >= 11 is 0. The number of nitrogens with zero attached hydrogens (tertiary/aromatic N) is 2. The third-order valence-electron chi connectivity index (χ3n) is 5.29. The average Bonchev–Trinajstić information content (AvgIpc) is 3.27. The van der Waals surface area contributed by atoms with E-state index in [1.54, 1.807) is 0 Å². The van der Waals surface area contributed by atoms with Gasteiger partial charge in [-0.25, -0.2) is 13.6 Å². The monoisotopic (exact) mass is 394 g/mol. The van der Waals surface area contributed by atoms with E-state index in [0.29, 0.717) is 19.4 Å². The van der Waals surface area contributed by atoms with Gasteiger partial charge in [0.15, 0.2) is 0 Å². The van der Waals surface area contributed by atoms with E-state index in [1.807, 2.05) is 35.8 Å². The molecule has 4 rings (SSSR count). The first-order chi connectivity index (χ1) is 13.4. The summed E-state index contributed by atoms with van der Waals surface area (Å²) in [6.07, 6.45) is 0.435. The van der Waals surface area contributed by atoms with Crippen LogP contribution in [0.1, 0.15) is 24.8 Å². The van der Waals surface area contributed by atoms with Crippen LogP contribution in [0.15, 0.2) is 30.3 Å². The molecule has 3 atom stereocenters. The Labute approximate surface area is 159 Å². The van der Waals surface area contributed by atoms with Gasteiger partial charge in [-0.3, -0.25) is 25.3 Å². The van der Waals surface area contributed by atoms with Crippen LogP contribution in [0.3, 0.4) is 0 Å². The topological polar surface area (TPSA) is 91.0 Å². The van der Waals surface area contributed by atoms with Crippen molar-refractivity contribution in [1.29, 1.82) is 0 Å². The van der Waals surface area contributed by atoms with Crippen LogP contribution in [0.4, 0.5) is 13.6 Å². The maximum atomic E-state index is 12.9. The summed E-state index contributed by atoms with van der Waals surface area (Å²) in [5, 5.41) is 1.30. The fourth-order valence-corrected chi connectivity index (χ4v) is 3.58. The van der Waals surface area contributed by atoms with Gasteiger partial charge in [0.2, 0.25) is 5.91 Å². The van der Waals surface area contributed by atoms with E-state index in [0.717, 1.165) is 5.56 Å². The van der Waals surface area contributed by atoms with Gasteiger partial charge in [-0.05, 0) is 18.4 Å². The molecule has 10 heteroatoms. The van der Waals surface area contributed by atoms with Crippen LogP contribution in [-0.4, -0.2) is 52.4 Å². The Morgan fingerprint density at radius 3 is 2.50 bits per heavy atom. The van der Waals surface area contributed by atoms with Crippen LogP contribution in [0.5, 0.6) is 0 Å². The minimum absolute atomic E-state index is 0.153. The lowest BCUT2D eigenvalue weighted by atomic mass is 10.0. The van der Waals surface area contributed by atoms with E-state index in [-0.39, 0.29) is 12.6 Å². The van der Waals surface area contributed by atoms with E-state index < -0.39 is 42.1 Å². The normalized spacial score (nSPS) is 27.5. The number of amides is 4. The second-order valence-electron chi connectivity index (χ2n) is 7.26. The van der Waals surface area contributed by atoms with Crippen LogP contribution in [0.2, 0.25) is 0 Å². The second kappa shape index (κ2) is 7.01. The van der Waals surface area contributed by atoms with Gasteiger partial charge in [-0.15, -0.1) is 0 Å². The number of carbonyl (C=O) groups is 3. The first kappa shape index (κ1) is 18.6. The van der Waals surface area contributed by atoms with Gasteiger partial charge in [0.05, 0.1) is 6.04 Å². The Hall–Kier alpha value is -2.75. The SMILES string of the molecule is O=C(NNC(=O)C1CC1(F)F)C1CCC2CN1C(=O)N2OCc1ccccc1. The predicted molar refractivity (Wildman–Crippen MR) is 91.3 cm³/mol. The smallest absolute Gasteiger partial charge is 0.309 e. The molecule has 2 heterocycles. The molecule has 3 unspecified atom stereocenters. The van der Waals surface area contributed by atoms with E-state index in [4.69, 9.17) is 4.84 Å². The molecule has 2 aliphatic heterocycles. The zero-order chi connectivity index (χ0) is 19.9. The van der Waals surface area contributed by atoms with E-state index >= 15 is 0 Å². The third-order valence-corrected chi connectivity index (χ3v) is 5.29.